The van der Waals surface area contributed by atoms with E-state index in [2.05, 4.69) is 19.9 Å². The molecule has 27 heavy (non-hydrogen) atoms. The number of nitrogens with two attached hydrogens (primary N) is 1. The van der Waals surface area contributed by atoms with Crippen LogP contribution in [0.3, 0.4) is 0 Å². The average Bonchev–Trinajstić information content (AvgIpc) is 3.24. The monoisotopic (exact) mass is 367 g/mol. The van der Waals surface area contributed by atoms with E-state index in [9.17, 15) is 4.79 Å². The second kappa shape index (κ2) is 6.46. The van der Waals surface area contributed by atoms with E-state index in [0.29, 0.717) is 41.5 Å². The van der Waals surface area contributed by atoms with Crippen molar-refractivity contribution in [2.24, 2.45) is 0 Å². The van der Waals surface area contributed by atoms with Crippen molar-refractivity contribution in [2.75, 3.05) is 19.1 Å². The zero-order valence-corrected chi connectivity index (χ0v) is 15.5. The maximum absolute atomic E-state index is 12.4. The minimum Gasteiger partial charge on any atom is -0.454 e. The van der Waals surface area contributed by atoms with Crippen LogP contribution in [0.25, 0.3) is 11.0 Å². The van der Waals surface area contributed by atoms with Gasteiger partial charge in [0, 0.05) is 24.3 Å². The number of carbonyl (C=O) groups excluding carboxylic acids is 1. The minimum atomic E-state index is -0.163. The van der Waals surface area contributed by atoms with Crippen molar-refractivity contribution < 1.29 is 14.3 Å². The number of ether oxygens (including phenoxy) is 2. The summed E-state index contributed by atoms with van der Waals surface area (Å²) in [5.74, 6) is 2.35. The highest BCUT2D eigenvalue weighted by Crippen LogP contribution is 2.32. The van der Waals surface area contributed by atoms with Gasteiger partial charge in [-0.05, 0) is 44.5 Å². The molecule has 0 spiro atoms. The van der Waals surface area contributed by atoms with E-state index in [1.807, 2.05) is 20.8 Å². The maximum Gasteiger partial charge on any atom is 0.251 e. The topological polar surface area (TPSA) is 104 Å². The number of carbonyl (C=O) groups is 1. The Balaban J connectivity index is 1.51. The Hall–Kier alpha value is -3.29. The molecule has 3 aromatic rings. The number of pyridine rings is 1. The van der Waals surface area contributed by atoms with Gasteiger partial charge in [-0.1, -0.05) is 0 Å². The van der Waals surface area contributed by atoms with E-state index in [1.54, 1.807) is 18.2 Å². The Morgan fingerprint density at radius 2 is 2.00 bits per heavy atom. The van der Waals surface area contributed by atoms with E-state index in [4.69, 9.17) is 15.2 Å². The fraction of sp³-hybridized carbons (Fsp3) is 0.316. The fourth-order valence-electron chi connectivity index (χ4n) is 3.31. The highest BCUT2D eigenvalue weighted by atomic mass is 16.7. The van der Waals surface area contributed by atoms with Gasteiger partial charge in [0.2, 0.25) is 6.79 Å². The minimum absolute atomic E-state index is 0.163. The van der Waals surface area contributed by atoms with Crippen LogP contribution in [-0.2, 0) is 6.54 Å². The number of hydrogen-bond acceptors (Lipinski definition) is 6. The molecule has 3 N–H and O–H groups in total. The number of aromatic nitrogens is 3. The molecule has 1 aromatic carbocycles. The van der Waals surface area contributed by atoms with Gasteiger partial charge >= 0.3 is 0 Å². The molecule has 8 heteroatoms. The molecule has 3 heterocycles. The molecule has 0 aliphatic carbocycles. The summed E-state index contributed by atoms with van der Waals surface area (Å²) in [4.78, 5) is 21.3. The SMILES string of the molecule is Cc1nc(N)c2nc(C)n(CCNC(=O)c3ccc4c(c3)OCO4)c2c1C. The van der Waals surface area contributed by atoms with Gasteiger partial charge in [-0.15, -0.1) is 0 Å². The third kappa shape index (κ3) is 2.92. The Bertz CT molecular complexity index is 1060. The molecule has 0 saturated carbocycles. The first kappa shape index (κ1) is 17.1. The zero-order chi connectivity index (χ0) is 19.1. The normalized spacial score (nSPS) is 12.6. The molecular formula is C19H21N5O3. The first-order valence-corrected chi connectivity index (χ1v) is 8.73. The summed E-state index contributed by atoms with van der Waals surface area (Å²) in [5, 5.41) is 2.94. The summed E-state index contributed by atoms with van der Waals surface area (Å²) in [6.07, 6.45) is 0. The highest BCUT2D eigenvalue weighted by molar-refractivity contribution is 5.95. The molecule has 1 aliphatic rings. The van der Waals surface area contributed by atoms with Crippen molar-refractivity contribution in [2.45, 2.75) is 27.3 Å². The summed E-state index contributed by atoms with van der Waals surface area (Å²) in [5.41, 5.74) is 10.2. The second-order valence-electron chi connectivity index (χ2n) is 6.54. The smallest absolute Gasteiger partial charge is 0.251 e. The van der Waals surface area contributed by atoms with E-state index < -0.39 is 0 Å². The number of aryl methyl sites for hydroxylation is 3. The summed E-state index contributed by atoms with van der Waals surface area (Å²) in [6.45, 7) is 7.09. The number of anilines is 1. The van der Waals surface area contributed by atoms with Crippen molar-refractivity contribution in [3.05, 3.63) is 40.8 Å². The Labute approximate surface area is 156 Å². The lowest BCUT2D eigenvalue weighted by atomic mass is 10.2. The quantitative estimate of drug-likeness (QED) is 0.732. The van der Waals surface area contributed by atoms with Crippen LogP contribution in [0, 0.1) is 20.8 Å². The third-order valence-electron chi connectivity index (χ3n) is 4.84. The van der Waals surface area contributed by atoms with Crippen molar-refractivity contribution in [1.82, 2.24) is 19.9 Å². The van der Waals surface area contributed by atoms with Crippen LogP contribution in [0.2, 0.25) is 0 Å². The zero-order valence-electron chi connectivity index (χ0n) is 15.5. The second-order valence-corrected chi connectivity index (χ2v) is 6.54. The summed E-state index contributed by atoms with van der Waals surface area (Å²) < 4.78 is 12.7. The molecule has 8 nitrogen and oxygen atoms in total. The van der Waals surface area contributed by atoms with Crippen LogP contribution in [0.1, 0.15) is 27.4 Å². The Morgan fingerprint density at radius 3 is 2.81 bits per heavy atom. The van der Waals surface area contributed by atoms with Gasteiger partial charge in [0.05, 0.1) is 5.52 Å². The third-order valence-corrected chi connectivity index (χ3v) is 4.84. The van der Waals surface area contributed by atoms with Crippen LogP contribution in [0.4, 0.5) is 5.82 Å². The molecule has 0 radical (unpaired) electrons. The standard InChI is InChI=1S/C19H21N5O3/c1-10-11(2)22-18(20)16-17(10)24(12(3)23-16)7-6-21-19(25)13-4-5-14-15(8-13)27-9-26-14/h4-5,8H,6-7,9H2,1-3H3,(H2,20,22)(H,21,25). The lowest BCUT2D eigenvalue weighted by Gasteiger charge is -2.11. The summed E-state index contributed by atoms with van der Waals surface area (Å²) in [6, 6.07) is 5.16. The van der Waals surface area contributed by atoms with Gasteiger partial charge in [0.15, 0.2) is 17.3 Å². The molecule has 0 unspecified atom stereocenters. The molecule has 0 bridgehead atoms. The molecule has 1 amide bonds. The van der Waals surface area contributed by atoms with E-state index in [-0.39, 0.29) is 12.7 Å². The van der Waals surface area contributed by atoms with Gasteiger partial charge in [-0.25, -0.2) is 9.97 Å². The molecule has 4 rings (SSSR count). The predicted octanol–water partition coefficient (Wildman–Crippen LogP) is 2.10. The van der Waals surface area contributed by atoms with Crippen LogP contribution in [0.5, 0.6) is 11.5 Å². The molecule has 0 fully saturated rings. The molecule has 0 saturated heterocycles. The first-order chi connectivity index (χ1) is 13.0. The van der Waals surface area contributed by atoms with Crippen molar-refractivity contribution in [3.63, 3.8) is 0 Å². The number of nitrogen functional groups attached to an aromatic ring is 1. The number of rotatable bonds is 4. The van der Waals surface area contributed by atoms with Gasteiger partial charge in [-0.3, -0.25) is 4.79 Å². The van der Waals surface area contributed by atoms with Crippen LogP contribution >= 0.6 is 0 Å². The van der Waals surface area contributed by atoms with Gasteiger partial charge in [0.25, 0.3) is 5.91 Å². The number of amides is 1. The largest absolute Gasteiger partial charge is 0.454 e. The van der Waals surface area contributed by atoms with Crippen LogP contribution in [0.15, 0.2) is 18.2 Å². The number of nitrogens with one attached hydrogen (secondary N) is 1. The van der Waals surface area contributed by atoms with Gasteiger partial charge in [-0.2, -0.15) is 0 Å². The predicted molar refractivity (Wildman–Crippen MR) is 101 cm³/mol. The van der Waals surface area contributed by atoms with Crippen molar-refractivity contribution in [3.8, 4) is 11.5 Å². The lowest BCUT2D eigenvalue weighted by Crippen LogP contribution is -2.27. The molecule has 140 valence electrons. The van der Waals surface area contributed by atoms with Crippen LogP contribution in [-0.4, -0.2) is 33.8 Å². The highest BCUT2D eigenvalue weighted by Gasteiger charge is 2.17. The number of nitrogens with zero attached hydrogens (tertiary/aromatic N) is 3. The number of fused-ring (bicyclic) bond motifs is 2. The molecular weight excluding hydrogens is 346 g/mol. The Kier molecular flexibility index (Phi) is 4.10. The summed E-state index contributed by atoms with van der Waals surface area (Å²) >= 11 is 0. The lowest BCUT2D eigenvalue weighted by molar-refractivity contribution is 0.0952. The average molecular weight is 367 g/mol. The summed E-state index contributed by atoms with van der Waals surface area (Å²) in [7, 11) is 0. The molecule has 2 aromatic heterocycles. The first-order valence-electron chi connectivity index (χ1n) is 8.73. The fourth-order valence-corrected chi connectivity index (χ4v) is 3.31. The maximum atomic E-state index is 12.4. The molecule has 0 atom stereocenters. The van der Waals surface area contributed by atoms with Gasteiger partial charge < -0.3 is 25.1 Å². The molecule has 1 aliphatic heterocycles. The Morgan fingerprint density at radius 1 is 1.22 bits per heavy atom. The van der Waals surface area contributed by atoms with Gasteiger partial charge in [0.1, 0.15) is 11.3 Å². The number of hydrogen-bond donors (Lipinski definition) is 2. The number of benzene rings is 1. The van der Waals surface area contributed by atoms with Crippen molar-refractivity contribution in [1.29, 1.82) is 0 Å². The van der Waals surface area contributed by atoms with E-state index >= 15 is 0 Å². The van der Waals surface area contributed by atoms with Crippen LogP contribution < -0.4 is 20.5 Å². The van der Waals surface area contributed by atoms with E-state index in [1.165, 1.54) is 0 Å². The number of imidazole rings is 1. The van der Waals surface area contributed by atoms with E-state index in [0.717, 1.165) is 22.6 Å². The van der Waals surface area contributed by atoms with Crippen molar-refractivity contribution >= 4 is 22.8 Å².